The van der Waals surface area contributed by atoms with Gasteiger partial charge in [-0.1, -0.05) is 13.0 Å². The molecule has 0 fully saturated rings. The fourth-order valence-corrected chi connectivity index (χ4v) is 1.90. The van der Waals surface area contributed by atoms with Crippen LogP contribution in [0, 0.1) is 0 Å². The SMILES string of the molecule is CCC(C)N(CCOC)CCOc1cccc(N)c1. The number of nitrogen functional groups attached to an aromatic ring is 1. The zero-order valence-corrected chi connectivity index (χ0v) is 12.3. The van der Waals surface area contributed by atoms with E-state index in [0.717, 1.165) is 37.6 Å². The number of hydrogen-bond donors (Lipinski definition) is 1. The number of benzene rings is 1. The van der Waals surface area contributed by atoms with E-state index >= 15 is 0 Å². The van der Waals surface area contributed by atoms with Gasteiger partial charge in [-0.15, -0.1) is 0 Å². The molecule has 0 aromatic heterocycles. The van der Waals surface area contributed by atoms with Crippen molar-refractivity contribution in [1.29, 1.82) is 0 Å². The van der Waals surface area contributed by atoms with Gasteiger partial charge in [0.05, 0.1) is 6.61 Å². The van der Waals surface area contributed by atoms with E-state index in [9.17, 15) is 0 Å². The molecule has 108 valence electrons. The molecule has 1 atom stereocenters. The highest BCUT2D eigenvalue weighted by molar-refractivity contribution is 5.43. The smallest absolute Gasteiger partial charge is 0.121 e. The maximum atomic E-state index is 5.73. The average molecular weight is 266 g/mol. The number of hydrogen-bond acceptors (Lipinski definition) is 4. The first-order valence-corrected chi connectivity index (χ1v) is 6.88. The number of nitrogens with zero attached hydrogens (tertiary/aromatic N) is 1. The summed E-state index contributed by atoms with van der Waals surface area (Å²) in [6.45, 7) is 7.68. The highest BCUT2D eigenvalue weighted by Gasteiger charge is 2.11. The Morgan fingerprint density at radius 2 is 2.00 bits per heavy atom. The van der Waals surface area contributed by atoms with Gasteiger partial charge in [0.2, 0.25) is 0 Å². The van der Waals surface area contributed by atoms with Crippen LogP contribution in [0.4, 0.5) is 5.69 Å². The molecule has 1 rings (SSSR count). The maximum Gasteiger partial charge on any atom is 0.121 e. The van der Waals surface area contributed by atoms with Crippen LogP contribution in [0.25, 0.3) is 0 Å². The maximum absolute atomic E-state index is 5.73. The van der Waals surface area contributed by atoms with Crippen LogP contribution in [0.3, 0.4) is 0 Å². The third-order valence-corrected chi connectivity index (χ3v) is 3.30. The zero-order valence-electron chi connectivity index (χ0n) is 12.3. The summed E-state index contributed by atoms with van der Waals surface area (Å²) in [6.07, 6.45) is 1.13. The molecule has 2 N–H and O–H groups in total. The standard InChI is InChI=1S/C15H26N2O2/c1-4-13(2)17(8-10-18-3)9-11-19-15-7-5-6-14(16)12-15/h5-7,12-13H,4,8-11,16H2,1-3H3. The van der Waals surface area contributed by atoms with Gasteiger partial charge in [0.15, 0.2) is 0 Å². The third-order valence-electron chi connectivity index (χ3n) is 3.30. The molecule has 0 amide bonds. The fraction of sp³-hybridized carbons (Fsp3) is 0.600. The van der Waals surface area contributed by atoms with Crippen molar-refractivity contribution in [3.05, 3.63) is 24.3 Å². The highest BCUT2D eigenvalue weighted by atomic mass is 16.5. The van der Waals surface area contributed by atoms with E-state index in [4.69, 9.17) is 15.2 Å². The van der Waals surface area contributed by atoms with Crippen LogP contribution in [0.2, 0.25) is 0 Å². The van der Waals surface area contributed by atoms with Gasteiger partial charge in [-0.05, 0) is 25.5 Å². The first-order chi connectivity index (χ1) is 9.17. The van der Waals surface area contributed by atoms with Crippen molar-refractivity contribution in [3.63, 3.8) is 0 Å². The molecular formula is C15H26N2O2. The molecule has 4 heteroatoms. The van der Waals surface area contributed by atoms with Crippen LogP contribution in [0.5, 0.6) is 5.75 Å². The summed E-state index contributed by atoms with van der Waals surface area (Å²) in [5.41, 5.74) is 6.45. The Labute approximate surface area is 116 Å². The Balaban J connectivity index is 2.38. The lowest BCUT2D eigenvalue weighted by Crippen LogP contribution is -2.38. The quantitative estimate of drug-likeness (QED) is 0.697. The second kappa shape index (κ2) is 8.77. The number of rotatable bonds is 9. The highest BCUT2D eigenvalue weighted by Crippen LogP contribution is 2.14. The summed E-state index contributed by atoms with van der Waals surface area (Å²) < 4.78 is 10.9. The predicted molar refractivity (Wildman–Crippen MR) is 79.6 cm³/mol. The van der Waals surface area contributed by atoms with Crippen molar-refractivity contribution >= 4 is 5.69 Å². The molecule has 19 heavy (non-hydrogen) atoms. The summed E-state index contributed by atoms with van der Waals surface area (Å²) in [4.78, 5) is 2.38. The summed E-state index contributed by atoms with van der Waals surface area (Å²) in [5, 5.41) is 0. The predicted octanol–water partition coefficient (Wildman–Crippen LogP) is 2.39. The van der Waals surface area contributed by atoms with E-state index in [-0.39, 0.29) is 0 Å². The minimum Gasteiger partial charge on any atom is -0.492 e. The molecule has 0 spiro atoms. The van der Waals surface area contributed by atoms with Gasteiger partial charge < -0.3 is 15.2 Å². The molecule has 0 saturated heterocycles. The van der Waals surface area contributed by atoms with E-state index in [2.05, 4.69) is 18.7 Å². The van der Waals surface area contributed by atoms with Crippen molar-refractivity contribution in [1.82, 2.24) is 4.90 Å². The summed E-state index contributed by atoms with van der Waals surface area (Å²) >= 11 is 0. The van der Waals surface area contributed by atoms with Crippen molar-refractivity contribution in [2.24, 2.45) is 0 Å². The Morgan fingerprint density at radius 3 is 2.63 bits per heavy atom. The lowest BCUT2D eigenvalue weighted by Gasteiger charge is -2.27. The fourth-order valence-electron chi connectivity index (χ4n) is 1.90. The van der Waals surface area contributed by atoms with Crippen LogP contribution < -0.4 is 10.5 Å². The van der Waals surface area contributed by atoms with Crippen LogP contribution in [-0.4, -0.2) is 44.4 Å². The molecule has 0 heterocycles. The van der Waals surface area contributed by atoms with Gasteiger partial charge in [0, 0.05) is 38.0 Å². The monoisotopic (exact) mass is 266 g/mol. The van der Waals surface area contributed by atoms with Crippen molar-refractivity contribution in [3.8, 4) is 5.75 Å². The summed E-state index contributed by atoms with van der Waals surface area (Å²) in [5.74, 6) is 0.829. The second-order valence-electron chi connectivity index (χ2n) is 4.71. The van der Waals surface area contributed by atoms with Gasteiger partial charge >= 0.3 is 0 Å². The third kappa shape index (κ3) is 5.94. The molecule has 0 aliphatic rings. The summed E-state index contributed by atoms with van der Waals surface area (Å²) in [7, 11) is 1.73. The molecule has 1 aromatic rings. The van der Waals surface area contributed by atoms with Crippen LogP contribution in [0.1, 0.15) is 20.3 Å². The normalized spacial score (nSPS) is 12.6. The Hall–Kier alpha value is -1.26. The van der Waals surface area contributed by atoms with Gasteiger partial charge in [-0.2, -0.15) is 0 Å². The van der Waals surface area contributed by atoms with Crippen LogP contribution in [-0.2, 0) is 4.74 Å². The van der Waals surface area contributed by atoms with Crippen molar-refractivity contribution in [2.45, 2.75) is 26.3 Å². The van der Waals surface area contributed by atoms with Gasteiger partial charge in [0.25, 0.3) is 0 Å². The second-order valence-corrected chi connectivity index (χ2v) is 4.71. The van der Waals surface area contributed by atoms with Crippen LogP contribution >= 0.6 is 0 Å². The molecule has 1 unspecified atom stereocenters. The zero-order chi connectivity index (χ0) is 14.1. The molecule has 4 nitrogen and oxygen atoms in total. The summed E-state index contributed by atoms with van der Waals surface area (Å²) in [6, 6.07) is 8.08. The first-order valence-electron chi connectivity index (χ1n) is 6.88. The lowest BCUT2D eigenvalue weighted by atomic mass is 10.2. The number of nitrogens with two attached hydrogens (primary N) is 1. The Bertz CT molecular complexity index is 358. The van der Waals surface area contributed by atoms with Gasteiger partial charge in [-0.3, -0.25) is 4.90 Å². The molecule has 0 aliphatic heterocycles. The van der Waals surface area contributed by atoms with E-state index in [1.54, 1.807) is 7.11 Å². The molecule has 0 saturated carbocycles. The van der Waals surface area contributed by atoms with E-state index in [0.29, 0.717) is 12.6 Å². The van der Waals surface area contributed by atoms with Gasteiger partial charge in [-0.25, -0.2) is 0 Å². The van der Waals surface area contributed by atoms with E-state index < -0.39 is 0 Å². The topological polar surface area (TPSA) is 47.7 Å². The number of methoxy groups -OCH3 is 1. The van der Waals surface area contributed by atoms with Crippen molar-refractivity contribution in [2.75, 3.05) is 39.1 Å². The lowest BCUT2D eigenvalue weighted by molar-refractivity contribution is 0.109. The van der Waals surface area contributed by atoms with Crippen LogP contribution in [0.15, 0.2) is 24.3 Å². The van der Waals surface area contributed by atoms with E-state index in [1.807, 2.05) is 24.3 Å². The van der Waals surface area contributed by atoms with Crippen molar-refractivity contribution < 1.29 is 9.47 Å². The number of anilines is 1. The molecule has 0 radical (unpaired) electrons. The number of ether oxygens (including phenoxy) is 2. The minimum atomic E-state index is 0.541. The molecule has 1 aromatic carbocycles. The Kier molecular flexibility index (Phi) is 7.30. The Morgan fingerprint density at radius 1 is 1.26 bits per heavy atom. The largest absolute Gasteiger partial charge is 0.492 e. The molecular weight excluding hydrogens is 240 g/mol. The molecule has 0 bridgehead atoms. The average Bonchev–Trinajstić information content (AvgIpc) is 2.42. The first kappa shape index (κ1) is 15.8. The van der Waals surface area contributed by atoms with Gasteiger partial charge in [0.1, 0.15) is 12.4 Å². The van der Waals surface area contributed by atoms with E-state index in [1.165, 1.54) is 0 Å². The molecule has 0 aliphatic carbocycles. The minimum absolute atomic E-state index is 0.541.